The van der Waals surface area contributed by atoms with Crippen molar-refractivity contribution in [2.75, 3.05) is 19.8 Å². The quantitative estimate of drug-likeness (QED) is 0.488. The first-order chi connectivity index (χ1) is 19.3. The lowest BCUT2D eigenvalue weighted by Gasteiger charge is -2.26. The van der Waals surface area contributed by atoms with Gasteiger partial charge < -0.3 is 19.4 Å². The van der Waals surface area contributed by atoms with E-state index in [1.807, 2.05) is 19.1 Å². The molecule has 0 spiro atoms. The Morgan fingerprint density at radius 1 is 1.18 bits per heavy atom. The summed E-state index contributed by atoms with van der Waals surface area (Å²) in [5.74, 6) is 0.529. The number of aryl methyl sites for hydroxylation is 1. The number of nitrogens with one attached hydrogen (secondary N) is 1. The maximum atomic E-state index is 13.9. The number of aromatic nitrogens is 4. The lowest BCUT2D eigenvalue weighted by molar-refractivity contribution is -0.139. The molecule has 4 heterocycles. The van der Waals surface area contributed by atoms with E-state index in [2.05, 4.69) is 20.6 Å². The zero-order valence-corrected chi connectivity index (χ0v) is 23.4. The fraction of sp³-hybridized carbons (Fsp3) is 0.586. The van der Waals surface area contributed by atoms with Gasteiger partial charge in [0.25, 0.3) is 0 Å². The lowest BCUT2D eigenvalue weighted by atomic mass is 9.97. The SMILES string of the molecule is CCC(=O)[C@@H]1C[C@]23COCCCCCNCc4cc(-c5nnc(C)o5)cc5c(C(C)=O)nn(c45)CC(=O)N1[C@@H]2C3. The van der Waals surface area contributed by atoms with Gasteiger partial charge in [0.05, 0.1) is 18.2 Å². The molecule has 6 rings (SSSR count). The number of Topliss-reactive ketones (excluding diaryl/α,β-unsaturated/α-hetero) is 2. The summed E-state index contributed by atoms with van der Waals surface area (Å²) in [7, 11) is 0. The predicted octanol–water partition coefficient (Wildman–Crippen LogP) is 3.23. The maximum absolute atomic E-state index is 13.9. The number of carbonyl (C=O) groups excluding carboxylic acids is 3. The number of amides is 1. The van der Waals surface area contributed by atoms with E-state index < -0.39 is 6.04 Å². The van der Waals surface area contributed by atoms with Crippen LogP contribution in [0.2, 0.25) is 0 Å². The Morgan fingerprint density at radius 2 is 2.02 bits per heavy atom. The van der Waals surface area contributed by atoms with Crippen LogP contribution in [0, 0.1) is 12.3 Å². The highest BCUT2D eigenvalue weighted by atomic mass is 16.5. The lowest BCUT2D eigenvalue weighted by Crippen LogP contribution is -2.44. The normalized spacial score (nSPS) is 25.6. The monoisotopic (exact) mass is 548 g/mol. The van der Waals surface area contributed by atoms with Crippen molar-refractivity contribution in [2.45, 2.75) is 84.5 Å². The van der Waals surface area contributed by atoms with Gasteiger partial charge in [0.2, 0.25) is 17.7 Å². The van der Waals surface area contributed by atoms with E-state index in [0.29, 0.717) is 55.3 Å². The summed E-state index contributed by atoms with van der Waals surface area (Å²) in [4.78, 5) is 41.4. The Kier molecular flexibility index (Phi) is 7.03. The summed E-state index contributed by atoms with van der Waals surface area (Å²) in [6.07, 6.45) is 4.89. The van der Waals surface area contributed by atoms with Crippen molar-refractivity contribution < 1.29 is 23.5 Å². The number of nitrogens with zero attached hydrogens (tertiary/aromatic N) is 5. The van der Waals surface area contributed by atoms with Gasteiger partial charge in [0.1, 0.15) is 12.2 Å². The third-order valence-electron chi connectivity index (χ3n) is 8.59. The molecule has 2 fully saturated rings. The molecule has 1 saturated heterocycles. The van der Waals surface area contributed by atoms with Crippen LogP contribution >= 0.6 is 0 Å². The number of hydrogen-bond donors (Lipinski definition) is 1. The molecule has 0 radical (unpaired) electrons. The molecule has 3 aromatic rings. The molecular formula is C29H36N6O5. The smallest absolute Gasteiger partial charge is 0.247 e. The molecule has 2 aliphatic heterocycles. The molecule has 1 saturated carbocycles. The van der Waals surface area contributed by atoms with E-state index in [1.54, 1.807) is 16.5 Å². The van der Waals surface area contributed by atoms with Crippen molar-refractivity contribution in [1.29, 1.82) is 0 Å². The Labute approximate surface area is 232 Å². The predicted molar refractivity (Wildman–Crippen MR) is 146 cm³/mol. The second-order valence-corrected chi connectivity index (χ2v) is 11.4. The maximum Gasteiger partial charge on any atom is 0.247 e. The molecule has 1 aromatic carbocycles. The fourth-order valence-corrected chi connectivity index (χ4v) is 6.50. The van der Waals surface area contributed by atoms with E-state index in [4.69, 9.17) is 9.15 Å². The molecule has 2 bridgehead atoms. The van der Waals surface area contributed by atoms with Crippen molar-refractivity contribution in [2.24, 2.45) is 5.41 Å². The summed E-state index contributed by atoms with van der Waals surface area (Å²) in [5, 5.41) is 16.9. The second-order valence-electron chi connectivity index (χ2n) is 11.4. The molecule has 2 aromatic heterocycles. The molecule has 40 heavy (non-hydrogen) atoms. The zero-order chi connectivity index (χ0) is 28.0. The number of ketones is 2. The van der Waals surface area contributed by atoms with Gasteiger partial charge in [-0.1, -0.05) is 6.92 Å². The first kappa shape index (κ1) is 26.8. The highest BCUT2D eigenvalue weighted by Gasteiger charge is 2.66. The van der Waals surface area contributed by atoms with Crippen LogP contribution in [0.25, 0.3) is 22.4 Å². The molecule has 0 unspecified atom stereocenters. The highest BCUT2D eigenvalue weighted by molar-refractivity contribution is 6.07. The topological polar surface area (TPSA) is 132 Å². The van der Waals surface area contributed by atoms with E-state index >= 15 is 0 Å². The molecule has 1 amide bonds. The van der Waals surface area contributed by atoms with Gasteiger partial charge >= 0.3 is 0 Å². The summed E-state index contributed by atoms with van der Waals surface area (Å²) in [6.45, 7) is 7.58. The van der Waals surface area contributed by atoms with Crippen LogP contribution < -0.4 is 5.32 Å². The number of rotatable bonds is 4. The molecule has 1 N–H and O–H groups in total. The molecular weight excluding hydrogens is 512 g/mol. The van der Waals surface area contributed by atoms with E-state index in [1.165, 1.54) is 6.92 Å². The van der Waals surface area contributed by atoms with Crippen molar-refractivity contribution in [1.82, 2.24) is 30.2 Å². The molecule has 212 valence electrons. The van der Waals surface area contributed by atoms with Gasteiger partial charge in [-0.25, -0.2) is 0 Å². The Bertz CT molecular complexity index is 1480. The summed E-state index contributed by atoms with van der Waals surface area (Å²) >= 11 is 0. The number of hydrogen-bond acceptors (Lipinski definition) is 9. The average Bonchev–Trinajstić information content (AvgIpc) is 3.22. The van der Waals surface area contributed by atoms with E-state index in [-0.39, 0.29) is 41.2 Å². The number of ether oxygens (including phenoxy) is 1. The number of piperidine rings is 1. The van der Waals surface area contributed by atoms with Crippen LogP contribution in [0.4, 0.5) is 0 Å². The fourth-order valence-electron chi connectivity index (χ4n) is 6.50. The van der Waals surface area contributed by atoms with Gasteiger partial charge in [-0.15, -0.1) is 10.2 Å². The van der Waals surface area contributed by atoms with E-state index in [0.717, 1.165) is 43.3 Å². The minimum absolute atomic E-state index is 0.00112. The van der Waals surface area contributed by atoms with Gasteiger partial charge in [-0.3, -0.25) is 19.1 Å². The van der Waals surface area contributed by atoms with Crippen LogP contribution in [0.15, 0.2) is 16.5 Å². The number of benzene rings is 1. The molecule has 11 heteroatoms. The van der Waals surface area contributed by atoms with Crippen molar-refractivity contribution in [3.63, 3.8) is 0 Å². The third-order valence-corrected chi connectivity index (χ3v) is 8.59. The molecule has 3 atom stereocenters. The molecule has 11 nitrogen and oxygen atoms in total. The average molecular weight is 549 g/mol. The van der Waals surface area contributed by atoms with Crippen LogP contribution in [0.1, 0.15) is 74.3 Å². The van der Waals surface area contributed by atoms with Gasteiger partial charge in [-0.05, 0) is 56.3 Å². The van der Waals surface area contributed by atoms with Gasteiger partial charge in [0.15, 0.2) is 11.6 Å². The largest absolute Gasteiger partial charge is 0.421 e. The van der Waals surface area contributed by atoms with Crippen LogP contribution in [0.3, 0.4) is 0 Å². The summed E-state index contributed by atoms with van der Waals surface area (Å²) in [5.41, 5.74) is 2.44. The van der Waals surface area contributed by atoms with Crippen LogP contribution in [-0.4, -0.2) is 74.2 Å². The van der Waals surface area contributed by atoms with E-state index in [9.17, 15) is 14.4 Å². The number of carbonyl (C=O) groups is 3. The van der Waals surface area contributed by atoms with Gasteiger partial charge in [0, 0.05) is 55.8 Å². The minimum atomic E-state index is -0.443. The first-order valence-corrected chi connectivity index (χ1v) is 14.3. The van der Waals surface area contributed by atoms with Crippen molar-refractivity contribution in [3.8, 4) is 11.5 Å². The summed E-state index contributed by atoms with van der Waals surface area (Å²) in [6, 6.07) is 3.35. The second kappa shape index (κ2) is 10.5. The Morgan fingerprint density at radius 3 is 2.77 bits per heavy atom. The van der Waals surface area contributed by atoms with Gasteiger partial charge in [-0.2, -0.15) is 5.10 Å². The Balaban J connectivity index is 1.44. The van der Waals surface area contributed by atoms with Crippen LogP contribution in [-0.2, 0) is 27.4 Å². The standard InChI is InChI=1S/C29H36N6O5/c1-4-23(37)22-12-29-13-24(29)35(22)25(38)15-34-27-20(14-30-8-6-5-7-9-39-16-29)10-19(28-32-31-18(3)40-28)11-21(27)26(33-34)17(2)36/h10-11,22,24,30H,4-9,12-16H2,1-3H3/t22-,24+,29-/m0/s1. The molecule has 1 aliphatic carbocycles. The van der Waals surface area contributed by atoms with Crippen molar-refractivity contribution in [3.05, 3.63) is 29.3 Å². The first-order valence-electron chi connectivity index (χ1n) is 14.3. The summed E-state index contributed by atoms with van der Waals surface area (Å²) < 4.78 is 13.4. The van der Waals surface area contributed by atoms with Crippen molar-refractivity contribution >= 4 is 28.4 Å². The minimum Gasteiger partial charge on any atom is -0.421 e. The zero-order valence-electron chi connectivity index (χ0n) is 23.4. The molecule has 3 aliphatic rings. The Hall–Kier alpha value is -3.44. The van der Waals surface area contributed by atoms with Crippen LogP contribution in [0.5, 0.6) is 0 Å². The third kappa shape index (κ3) is 4.75. The highest BCUT2D eigenvalue weighted by Crippen LogP contribution is 2.60.